The van der Waals surface area contributed by atoms with E-state index in [-0.39, 0.29) is 5.75 Å². The highest BCUT2D eigenvalue weighted by molar-refractivity contribution is 7.94. The molecule has 0 heterocycles. The highest BCUT2D eigenvalue weighted by atomic mass is 32.2. The number of aryl methyl sites for hydroxylation is 1. The fourth-order valence-corrected chi connectivity index (χ4v) is 3.06. The zero-order chi connectivity index (χ0) is 21.8. The lowest BCUT2D eigenvalue weighted by Crippen LogP contribution is -2.16. The van der Waals surface area contributed by atoms with E-state index in [0.717, 1.165) is 22.0 Å². The molecular weight excluding hydrogens is 400 g/mol. The maximum Gasteiger partial charge on any atom is 0.119 e. The Labute approximate surface area is 182 Å². The molecule has 0 fully saturated rings. The van der Waals surface area contributed by atoms with Crippen molar-refractivity contribution in [2.45, 2.75) is 24.3 Å². The van der Waals surface area contributed by atoms with Gasteiger partial charge in [0.05, 0.1) is 26.9 Å². The second-order valence-corrected chi connectivity index (χ2v) is 7.46. The number of aliphatic hydroxyl groups excluding tert-OH is 1. The van der Waals surface area contributed by atoms with Gasteiger partial charge in [-0.3, -0.25) is 0 Å². The normalized spacial score (nSPS) is 11.2. The van der Waals surface area contributed by atoms with Gasteiger partial charge in [0.25, 0.3) is 0 Å². The summed E-state index contributed by atoms with van der Waals surface area (Å²) in [7, 11) is 3.23. The molecule has 1 unspecified atom stereocenters. The van der Waals surface area contributed by atoms with Crippen molar-refractivity contribution in [3.63, 3.8) is 0 Å². The van der Waals surface area contributed by atoms with Gasteiger partial charge in [0.15, 0.2) is 0 Å². The molecule has 2 N–H and O–H groups in total. The molecule has 0 aromatic heterocycles. The predicted molar refractivity (Wildman–Crippen MR) is 120 cm³/mol. The van der Waals surface area contributed by atoms with Gasteiger partial charge in [-0.15, -0.1) is 0 Å². The largest absolute Gasteiger partial charge is 0.508 e. The van der Waals surface area contributed by atoms with Crippen molar-refractivity contribution in [3.8, 4) is 17.2 Å². The number of phenols is 1. The van der Waals surface area contributed by atoms with E-state index in [1.54, 1.807) is 38.5 Å². The van der Waals surface area contributed by atoms with E-state index in [9.17, 15) is 5.11 Å². The third-order valence-corrected chi connectivity index (χ3v) is 4.86. The van der Waals surface area contributed by atoms with Crippen molar-refractivity contribution in [1.82, 2.24) is 0 Å². The molecule has 3 aromatic carbocycles. The van der Waals surface area contributed by atoms with Crippen LogP contribution in [0.25, 0.3) is 0 Å². The molecule has 6 heteroatoms. The maximum atomic E-state index is 9.98. The molecule has 0 aliphatic heterocycles. The average Bonchev–Trinajstić information content (AvgIpc) is 2.77. The van der Waals surface area contributed by atoms with Gasteiger partial charge >= 0.3 is 0 Å². The SMILES string of the molecule is COc1ccc(CC(O)COSc2ccc(C)cc2)cc1.COc1ccc(O)cc1. The van der Waals surface area contributed by atoms with Crippen LogP contribution < -0.4 is 9.47 Å². The van der Waals surface area contributed by atoms with Crippen LogP contribution in [0.5, 0.6) is 17.2 Å². The molecule has 0 bridgehead atoms. The smallest absolute Gasteiger partial charge is 0.119 e. The Hall–Kier alpha value is -2.67. The quantitative estimate of drug-likeness (QED) is 0.491. The molecule has 3 aromatic rings. The molecule has 30 heavy (non-hydrogen) atoms. The molecule has 0 aliphatic rings. The summed E-state index contributed by atoms with van der Waals surface area (Å²) in [6.45, 7) is 2.35. The van der Waals surface area contributed by atoms with Crippen molar-refractivity contribution in [2.24, 2.45) is 0 Å². The van der Waals surface area contributed by atoms with Gasteiger partial charge < -0.3 is 23.9 Å². The molecule has 0 spiro atoms. The molecule has 1 atom stereocenters. The number of phenolic OH excluding ortho intramolecular Hbond substituents is 1. The average molecular weight is 429 g/mol. The number of rotatable bonds is 8. The first-order chi connectivity index (χ1) is 14.5. The third-order valence-electron chi connectivity index (χ3n) is 4.14. The van der Waals surface area contributed by atoms with Gasteiger partial charge in [-0.25, -0.2) is 0 Å². The van der Waals surface area contributed by atoms with E-state index >= 15 is 0 Å². The van der Waals surface area contributed by atoms with Crippen LogP contribution in [0.4, 0.5) is 0 Å². The Morgan fingerprint density at radius 1 is 0.800 bits per heavy atom. The zero-order valence-corrected chi connectivity index (χ0v) is 18.3. The second-order valence-electron chi connectivity index (χ2n) is 6.58. The first kappa shape index (κ1) is 23.6. The first-order valence-corrected chi connectivity index (χ1v) is 10.2. The number of hydrogen-bond acceptors (Lipinski definition) is 6. The molecular formula is C24H28O5S. The van der Waals surface area contributed by atoms with E-state index in [1.165, 1.54) is 17.6 Å². The van der Waals surface area contributed by atoms with E-state index in [0.29, 0.717) is 13.0 Å². The topological polar surface area (TPSA) is 68.2 Å². The van der Waals surface area contributed by atoms with Crippen LogP contribution in [0.2, 0.25) is 0 Å². The predicted octanol–water partition coefficient (Wildman–Crippen LogP) is 5.03. The Morgan fingerprint density at radius 3 is 1.87 bits per heavy atom. The van der Waals surface area contributed by atoms with E-state index in [4.69, 9.17) is 18.8 Å². The minimum Gasteiger partial charge on any atom is -0.508 e. The number of methoxy groups -OCH3 is 2. The lowest BCUT2D eigenvalue weighted by Gasteiger charge is -2.11. The Bertz CT molecular complexity index is 848. The van der Waals surface area contributed by atoms with Gasteiger partial charge in [-0.05, 0) is 61.0 Å². The van der Waals surface area contributed by atoms with Crippen LogP contribution in [0, 0.1) is 6.92 Å². The lowest BCUT2D eigenvalue weighted by molar-refractivity contribution is 0.119. The minimum absolute atomic E-state index is 0.260. The summed E-state index contributed by atoms with van der Waals surface area (Å²) >= 11 is 1.29. The van der Waals surface area contributed by atoms with E-state index < -0.39 is 6.10 Å². The van der Waals surface area contributed by atoms with E-state index in [2.05, 4.69) is 0 Å². The third kappa shape index (κ3) is 8.78. The fourth-order valence-electron chi connectivity index (χ4n) is 2.45. The lowest BCUT2D eigenvalue weighted by atomic mass is 10.1. The molecule has 5 nitrogen and oxygen atoms in total. The monoisotopic (exact) mass is 428 g/mol. The van der Waals surface area contributed by atoms with Crippen LogP contribution in [0.1, 0.15) is 11.1 Å². The molecule has 3 rings (SSSR count). The first-order valence-electron chi connectivity index (χ1n) is 9.50. The van der Waals surface area contributed by atoms with Crippen LogP contribution in [-0.4, -0.2) is 37.1 Å². The molecule has 0 saturated heterocycles. The van der Waals surface area contributed by atoms with Gasteiger partial charge in [0.2, 0.25) is 0 Å². The number of ether oxygens (including phenoxy) is 2. The van der Waals surface area contributed by atoms with E-state index in [1.807, 2.05) is 55.5 Å². The van der Waals surface area contributed by atoms with Gasteiger partial charge in [-0.1, -0.05) is 29.8 Å². The minimum atomic E-state index is -0.517. The summed E-state index contributed by atoms with van der Waals surface area (Å²) in [5, 5.41) is 18.8. The number of benzene rings is 3. The summed E-state index contributed by atoms with van der Waals surface area (Å²) in [6, 6.07) is 22.4. The van der Waals surface area contributed by atoms with Crippen molar-refractivity contribution in [1.29, 1.82) is 0 Å². The Morgan fingerprint density at radius 2 is 1.33 bits per heavy atom. The van der Waals surface area contributed by atoms with Gasteiger partial charge in [0.1, 0.15) is 17.2 Å². The van der Waals surface area contributed by atoms with Gasteiger partial charge in [-0.2, -0.15) is 0 Å². The molecule has 0 radical (unpaired) electrons. The highest BCUT2D eigenvalue weighted by Crippen LogP contribution is 2.20. The molecule has 0 amide bonds. The zero-order valence-electron chi connectivity index (χ0n) is 17.4. The van der Waals surface area contributed by atoms with Crippen molar-refractivity contribution >= 4 is 12.0 Å². The van der Waals surface area contributed by atoms with Crippen LogP contribution >= 0.6 is 12.0 Å². The summed E-state index contributed by atoms with van der Waals surface area (Å²) in [4.78, 5) is 1.04. The van der Waals surface area contributed by atoms with Crippen LogP contribution in [0.15, 0.2) is 77.7 Å². The summed E-state index contributed by atoms with van der Waals surface area (Å²) < 4.78 is 15.4. The van der Waals surface area contributed by atoms with Crippen LogP contribution in [-0.2, 0) is 10.6 Å². The molecule has 0 aliphatic carbocycles. The summed E-state index contributed by atoms with van der Waals surface area (Å²) in [5.41, 5.74) is 2.28. The Balaban J connectivity index is 0.000000297. The number of aromatic hydroxyl groups is 1. The second kappa shape index (κ2) is 12.8. The highest BCUT2D eigenvalue weighted by Gasteiger charge is 2.07. The Kier molecular flexibility index (Phi) is 10.1. The van der Waals surface area contributed by atoms with Crippen molar-refractivity contribution in [3.05, 3.63) is 83.9 Å². The summed E-state index contributed by atoms with van der Waals surface area (Å²) in [5.74, 6) is 1.84. The van der Waals surface area contributed by atoms with Crippen LogP contribution in [0.3, 0.4) is 0 Å². The fraction of sp³-hybridized carbons (Fsp3) is 0.250. The number of aliphatic hydroxyl groups is 1. The molecule has 160 valence electrons. The molecule has 0 saturated carbocycles. The van der Waals surface area contributed by atoms with Gasteiger partial charge in [0, 0.05) is 23.4 Å². The number of hydrogen-bond donors (Lipinski definition) is 2. The summed E-state index contributed by atoms with van der Waals surface area (Å²) in [6.07, 6.45) is 0.0506. The maximum absolute atomic E-state index is 9.98. The standard InChI is InChI=1S/C17H20O3S.C7H8O2/c1-13-3-9-17(10-4-13)21-20-12-15(18)11-14-5-7-16(19-2)8-6-14;1-9-7-4-2-6(8)3-5-7/h3-10,15,18H,11-12H2,1-2H3;2-5,8H,1H3. The van der Waals surface area contributed by atoms with Crippen molar-refractivity contribution in [2.75, 3.05) is 20.8 Å². The van der Waals surface area contributed by atoms with Crippen molar-refractivity contribution < 1.29 is 23.9 Å².